The van der Waals surface area contributed by atoms with Crippen LogP contribution in [-0.2, 0) is 16.0 Å². The highest BCUT2D eigenvalue weighted by Gasteiger charge is 2.24. The molecule has 2 heterocycles. The minimum Gasteiger partial charge on any atom is -0.480 e. The summed E-state index contributed by atoms with van der Waals surface area (Å²) in [4.78, 5) is 27.8. The van der Waals surface area contributed by atoms with Crippen molar-refractivity contribution < 1.29 is 24.2 Å². The molecule has 0 atom stereocenters. The monoisotopic (exact) mass is 482 g/mol. The summed E-state index contributed by atoms with van der Waals surface area (Å²) < 4.78 is 19.9. The van der Waals surface area contributed by atoms with Gasteiger partial charge in [0, 0.05) is 19.2 Å². The highest BCUT2D eigenvalue weighted by atomic mass is 32.1. The van der Waals surface area contributed by atoms with Crippen LogP contribution in [0.25, 0.3) is 0 Å². The number of aliphatic carboxylic acids is 1. The zero-order chi connectivity index (χ0) is 23.8. The van der Waals surface area contributed by atoms with Gasteiger partial charge in [-0.25, -0.2) is 9.78 Å². The summed E-state index contributed by atoms with van der Waals surface area (Å²) in [6.45, 7) is 0.258. The Morgan fingerprint density at radius 1 is 1.03 bits per heavy atom. The second-order valence-electron chi connectivity index (χ2n) is 8.19. The van der Waals surface area contributed by atoms with Crippen LogP contribution in [0.5, 0.6) is 11.8 Å². The summed E-state index contributed by atoms with van der Waals surface area (Å²) in [6, 6.07) is 13.3. The Labute approximate surface area is 201 Å². The molecule has 1 saturated carbocycles. The molecule has 1 fully saturated rings. The number of benzene rings is 1. The third-order valence-electron chi connectivity index (χ3n) is 5.73. The van der Waals surface area contributed by atoms with E-state index in [1.54, 1.807) is 18.3 Å². The predicted molar refractivity (Wildman–Crippen MR) is 125 cm³/mol. The number of nitrogens with one attached hydrogen (secondary N) is 1. The number of hydrogen-bond donors (Lipinski definition) is 2. The van der Waals surface area contributed by atoms with Crippen molar-refractivity contribution in [2.45, 2.75) is 38.2 Å². The molecule has 4 rings (SSSR count). The first-order chi connectivity index (χ1) is 16.6. The van der Waals surface area contributed by atoms with Gasteiger partial charge in [0.2, 0.25) is 5.88 Å². The Morgan fingerprint density at radius 3 is 2.59 bits per heavy atom. The van der Waals surface area contributed by atoms with Gasteiger partial charge in [-0.3, -0.25) is 4.79 Å². The summed E-state index contributed by atoms with van der Waals surface area (Å²) in [5.74, 6) is -0.367. The van der Waals surface area contributed by atoms with E-state index in [-0.39, 0.29) is 24.5 Å². The third kappa shape index (κ3) is 6.58. The molecular formula is C24H26N4O5S. The minimum absolute atomic E-state index is 0.0295. The number of carboxylic acid groups (broad SMARTS) is 1. The number of nitrogens with zero attached hydrogens (tertiary/aromatic N) is 3. The molecule has 0 spiro atoms. The molecule has 1 aliphatic carbocycles. The number of ether oxygens (including phenoxy) is 2. The smallest absolute Gasteiger partial charge is 0.329 e. The number of amides is 1. The van der Waals surface area contributed by atoms with E-state index in [0.29, 0.717) is 36.0 Å². The van der Waals surface area contributed by atoms with Crippen LogP contribution in [0.3, 0.4) is 0 Å². The lowest BCUT2D eigenvalue weighted by Gasteiger charge is -2.28. The van der Waals surface area contributed by atoms with Crippen LogP contribution in [0.1, 0.15) is 47.3 Å². The average Bonchev–Trinajstić information content (AvgIpc) is 3.29. The van der Waals surface area contributed by atoms with Gasteiger partial charge in [0.05, 0.1) is 17.8 Å². The summed E-state index contributed by atoms with van der Waals surface area (Å²) in [5, 5.41) is 11.7. The van der Waals surface area contributed by atoms with Crippen LogP contribution in [0.4, 0.5) is 0 Å². The predicted octanol–water partition coefficient (Wildman–Crippen LogP) is 3.71. The van der Waals surface area contributed by atoms with Crippen molar-refractivity contribution in [3.8, 4) is 11.8 Å². The molecule has 178 valence electrons. The molecular weight excluding hydrogens is 456 g/mol. The lowest BCUT2D eigenvalue weighted by molar-refractivity contribution is -0.145. The van der Waals surface area contributed by atoms with Crippen molar-refractivity contribution in [3.05, 3.63) is 65.5 Å². The number of carbonyl (C=O) groups is 2. The van der Waals surface area contributed by atoms with Crippen molar-refractivity contribution in [2.75, 3.05) is 13.2 Å². The quantitative estimate of drug-likeness (QED) is 0.448. The van der Waals surface area contributed by atoms with E-state index in [9.17, 15) is 9.59 Å². The van der Waals surface area contributed by atoms with Crippen molar-refractivity contribution in [1.82, 2.24) is 19.0 Å². The zero-order valence-corrected chi connectivity index (χ0v) is 19.4. The fourth-order valence-electron chi connectivity index (χ4n) is 3.93. The van der Waals surface area contributed by atoms with E-state index in [2.05, 4.69) is 19.0 Å². The Kier molecular flexibility index (Phi) is 8.16. The molecule has 2 N–H and O–H groups in total. The maximum atomic E-state index is 12.9. The van der Waals surface area contributed by atoms with Gasteiger partial charge in [-0.05, 0) is 49.3 Å². The molecule has 3 aromatic rings. The van der Waals surface area contributed by atoms with E-state index in [1.165, 1.54) is 0 Å². The third-order valence-corrected chi connectivity index (χ3v) is 6.28. The second kappa shape index (κ2) is 11.7. The first-order valence-electron chi connectivity index (χ1n) is 11.2. The first kappa shape index (κ1) is 23.8. The fourth-order valence-corrected chi connectivity index (χ4v) is 4.43. The van der Waals surface area contributed by atoms with Gasteiger partial charge in [0.25, 0.3) is 11.8 Å². The standard InChI is InChI=1S/C24H26N4O5S/c29-21(30)15-32-18-10-8-17(9-11-18)14-26-22(31)19-7-4-12-25-23(19)33-24-20(27-34-28-24)13-16-5-2-1-3-6-16/h1-7,12,17-18H,8-11,13-15H2,(H,26,31)(H,29,30). The molecule has 9 nitrogen and oxygen atoms in total. The van der Waals surface area contributed by atoms with Crippen LogP contribution in [-0.4, -0.2) is 50.0 Å². The van der Waals surface area contributed by atoms with Crippen LogP contribution < -0.4 is 10.1 Å². The number of rotatable bonds is 10. The van der Waals surface area contributed by atoms with Gasteiger partial charge in [-0.1, -0.05) is 30.3 Å². The fraction of sp³-hybridized carbons (Fsp3) is 0.375. The molecule has 0 radical (unpaired) electrons. The minimum atomic E-state index is -0.954. The van der Waals surface area contributed by atoms with Crippen molar-refractivity contribution >= 4 is 23.6 Å². The largest absolute Gasteiger partial charge is 0.480 e. The lowest BCUT2D eigenvalue weighted by Crippen LogP contribution is -2.33. The van der Waals surface area contributed by atoms with Crippen LogP contribution in [0.2, 0.25) is 0 Å². The molecule has 0 saturated heterocycles. The lowest BCUT2D eigenvalue weighted by atomic mass is 9.87. The first-order valence-corrected chi connectivity index (χ1v) is 11.9. The van der Waals surface area contributed by atoms with E-state index < -0.39 is 5.97 Å². The highest BCUT2D eigenvalue weighted by Crippen LogP contribution is 2.28. The molecule has 0 bridgehead atoms. The molecule has 34 heavy (non-hydrogen) atoms. The van der Waals surface area contributed by atoms with Crippen LogP contribution >= 0.6 is 11.7 Å². The Hall–Kier alpha value is -3.37. The average molecular weight is 483 g/mol. The topological polar surface area (TPSA) is 124 Å². The van der Waals surface area contributed by atoms with Gasteiger partial charge < -0.3 is 19.9 Å². The van der Waals surface area contributed by atoms with Gasteiger partial charge in [-0.2, -0.15) is 4.37 Å². The molecule has 1 aromatic carbocycles. The number of carboxylic acids is 1. The summed E-state index contributed by atoms with van der Waals surface area (Å²) >= 11 is 1.06. The van der Waals surface area contributed by atoms with Gasteiger partial charge in [0.1, 0.15) is 17.9 Å². The number of hydrogen-bond acceptors (Lipinski definition) is 8. The van der Waals surface area contributed by atoms with Gasteiger partial charge in [-0.15, -0.1) is 4.37 Å². The Morgan fingerprint density at radius 2 is 1.82 bits per heavy atom. The SMILES string of the molecule is O=C(O)COC1CCC(CNC(=O)c2cccnc2Oc2nsnc2Cc2ccccc2)CC1. The maximum absolute atomic E-state index is 12.9. The molecule has 10 heteroatoms. The maximum Gasteiger partial charge on any atom is 0.329 e. The van der Waals surface area contributed by atoms with Crippen molar-refractivity contribution in [1.29, 1.82) is 0 Å². The van der Waals surface area contributed by atoms with E-state index in [1.807, 2.05) is 30.3 Å². The Bertz CT molecular complexity index is 1100. The number of carbonyl (C=O) groups excluding carboxylic acids is 1. The van der Waals surface area contributed by atoms with Crippen molar-refractivity contribution in [3.63, 3.8) is 0 Å². The number of aromatic nitrogens is 3. The van der Waals surface area contributed by atoms with Crippen LogP contribution in [0, 0.1) is 5.92 Å². The van der Waals surface area contributed by atoms with Crippen molar-refractivity contribution in [2.24, 2.45) is 5.92 Å². The van der Waals surface area contributed by atoms with E-state index in [4.69, 9.17) is 14.6 Å². The molecule has 0 aliphatic heterocycles. The molecule has 1 aliphatic rings. The van der Waals surface area contributed by atoms with E-state index >= 15 is 0 Å². The molecule has 0 unspecified atom stereocenters. The second-order valence-corrected chi connectivity index (χ2v) is 8.72. The summed E-state index contributed by atoms with van der Waals surface area (Å²) in [5.41, 5.74) is 2.11. The van der Waals surface area contributed by atoms with Gasteiger partial charge in [0.15, 0.2) is 0 Å². The highest BCUT2D eigenvalue weighted by molar-refractivity contribution is 6.99. The Balaban J connectivity index is 1.33. The summed E-state index contributed by atoms with van der Waals surface area (Å²) in [7, 11) is 0. The summed E-state index contributed by atoms with van der Waals surface area (Å²) in [6.07, 6.45) is 5.42. The molecule has 1 amide bonds. The van der Waals surface area contributed by atoms with E-state index in [0.717, 1.165) is 43.0 Å². The normalized spacial score (nSPS) is 17.8. The van der Waals surface area contributed by atoms with Crippen LogP contribution in [0.15, 0.2) is 48.7 Å². The zero-order valence-electron chi connectivity index (χ0n) is 18.6. The van der Waals surface area contributed by atoms with Gasteiger partial charge >= 0.3 is 5.97 Å². The number of pyridine rings is 1. The molecule has 2 aromatic heterocycles.